The predicted molar refractivity (Wildman–Crippen MR) is 68.5 cm³/mol. The Balaban J connectivity index is 2.44. The smallest absolute Gasteiger partial charge is 0.223 e. The van der Waals surface area contributed by atoms with Gasteiger partial charge in [0.15, 0.2) is 0 Å². The maximum atomic E-state index is 11.6. The van der Waals surface area contributed by atoms with E-state index in [-0.39, 0.29) is 11.8 Å². The minimum absolute atomic E-state index is 0.0859. The van der Waals surface area contributed by atoms with Gasteiger partial charge in [-0.25, -0.2) is 0 Å². The van der Waals surface area contributed by atoms with E-state index < -0.39 is 0 Å². The largest absolute Gasteiger partial charge is 0.380 e. The molecule has 0 spiro atoms. The van der Waals surface area contributed by atoms with Crippen LogP contribution in [0.15, 0.2) is 24.3 Å². The molecule has 17 heavy (non-hydrogen) atoms. The van der Waals surface area contributed by atoms with Crippen LogP contribution in [0.4, 0.5) is 0 Å². The van der Waals surface area contributed by atoms with E-state index in [0.29, 0.717) is 13.2 Å². The van der Waals surface area contributed by atoms with Crippen molar-refractivity contribution < 1.29 is 9.53 Å². The molecule has 1 aromatic carbocycles. The average Bonchev–Trinajstić information content (AvgIpc) is 2.37. The summed E-state index contributed by atoms with van der Waals surface area (Å²) < 4.78 is 5.04. The third-order valence-corrected chi connectivity index (χ3v) is 2.86. The minimum atomic E-state index is 0.0859. The first-order valence-electron chi connectivity index (χ1n) is 6.01. The second kappa shape index (κ2) is 7.07. The topological polar surface area (TPSA) is 38.3 Å². The van der Waals surface area contributed by atoms with E-state index in [9.17, 15) is 4.79 Å². The van der Waals surface area contributed by atoms with Crippen molar-refractivity contribution >= 4 is 5.91 Å². The van der Waals surface area contributed by atoms with Crippen molar-refractivity contribution in [3.63, 3.8) is 0 Å². The Morgan fingerprint density at radius 1 is 1.29 bits per heavy atom. The molecule has 0 saturated heterocycles. The van der Waals surface area contributed by atoms with Gasteiger partial charge in [0, 0.05) is 19.6 Å². The molecule has 1 aromatic rings. The van der Waals surface area contributed by atoms with Crippen LogP contribution >= 0.6 is 0 Å². The highest BCUT2D eigenvalue weighted by Crippen LogP contribution is 2.06. The van der Waals surface area contributed by atoms with Gasteiger partial charge in [0.1, 0.15) is 0 Å². The Hall–Kier alpha value is -1.35. The lowest BCUT2D eigenvalue weighted by molar-refractivity contribution is -0.124. The Kier molecular flexibility index (Phi) is 5.70. The van der Waals surface area contributed by atoms with Crippen molar-refractivity contribution in [3.05, 3.63) is 35.4 Å². The monoisotopic (exact) mass is 235 g/mol. The molecule has 0 bridgehead atoms. The van der Waals surface area contributed by atoms with Gasteiger partial charge in [0.25, 0.3) is 0 Å². The molecule has 1 amide bonds. The van der Waals surface area contributed by atoms with Gasteiger partial charge < -0.3 is 10.1 Å². The van der Waals surface area contributed by atoms with Crippen molar-refractivity contribution in [2.24, 2.45) is 5.92 Å². The van der Waals surface area contributed by atoms with Crippen LogP contribution in [0.3, 0.4) is 0 Å². The van der Waals surface area contributed by atoms with E-state index in [0.717, 1.165) is 17.5 Å². The molecule has 1 rings (SSSR count). The van der Waals surface area contributed by atoms with Crippen molar-refractivity contribution in [1.82, 2.24) is 5.32 Å². The molecule has 3 heteroatoms. The molecule has 0 aliphatic carbocycles. The van der Waals surface area contributed by atoms with Gasteiger partial charge in [0.05, 0.1) is 6.61 Å². The maximum Gasteiger partial charge on any atom is 0.223 e. The Bertz CT molecular complexity index is 346. The third kappa shape index (κ3) is 4.57. The number of benzene rings is 1. The molecule has 0 aliphatic rings. The summed E-state index contributed by atoms with van der Waals surface area (Å²) in [5, 5.41) is 2.93. The van der Waals surface area contributed by atoms with Crippen LogP contribution in [0.2, 0.25) is 0 Å². The number of hydrogen-bond acceptors (Lipinski definition) is 2. The first kappa shape index (κ1) is 13.7. The highest BCUT2D eigenvalue weighted by Gasteiger charge is 2.09. The summed E-state index contributed by atoms with van der Waals surface area (Å²) in [7, 11) is 1.68. The van der Waals surface area contributed by atoms with Crippen LogP contribution in [0, 0.1) is 5.92 Å². The molecule has 3 nitrogen and oxygen atoms in total. The van der Waals surface area contributed by atoms with Crippen LogP contribution in [-0.2, 0) is 22.7 Å². The van der Waals surface area contributed by atoms with E-state index in [1.165, 1.54) is 0 Å². The molecule has 0 unspecified atom stereocenters. The van der Waals surface area contributed by atoms with Gasteiger partial charge in [0.2, 0.25) is 5.91 Å². The Morgan fingerprint density at radius 2 is 1.88 bits per heavy atom. The van der Waals surface area contributed by atoms with Crippen molar-refractivity contribution in [2.75, 3.05) is 7.11 Å². The van der Waals surface area contributed by atoms with E-state index >= 15 is 0 Å². The third-order valence-electron chi connectivity index (χ3n) is 2.86. The lowest BCUT2D eigenvalue weighted by Gasteiger charge is -2.10. The number of nitrogens with one attached hydrogen (secondary N) is 1. The summed E-state index contributed by atoms with van der Waals surface area (Å²) in [5.74, 6) is 0.205. The van der Waals surface area contributed by atoms with Crippen LogP contribution in [-0.4, -0.2) is 13.0 Å². The van der Waals surface area contributed by atoms with Gasteiger partial charge in [-0.2, -0.15) is 0 Å². The summed E-state index contributed by atoms with van der Waals surface area (Å²) in [6, 6.07) is 8.08. The van der Waals surface area contributed by atoms with Crippen molar-refractivity contribution in [3.8, 4) is 0 Å². The lowest BCUT2D eigenvalue weighted by Crippen LogP contribution is -2.28. The van der Waals surface area contributed by atoms with Gasteiger partial charge in [-0.3, -0.25) is 4.79 Å². The zero-order valence-electron chi connectivity index (χ0n) is 10.8. The van der Waals surface area contributed by atoms with E-state index in [1.807, 2.05) is 38.1 Å². The van der Waals surface area contributed by atoms with Crippen LogP contribution in [0.5, 0.6) is 0 Å². The lowest BCUT2D eigenvalue weighted by atomic mass is 10.1. The normalized spacial score (nSPS) is 12.2. The molecule has 0 fully saturated rings. The molecular weight excluding hydrogens is 214 g/mol. The molecule has 0 aliphatic heterocycles. The molecule has 0 aromatic heterocycles. The van der Waals surface area contributed by atoms with E-state index in [4.69, 9.17) is 4.74 Å². The summed E-state index contributed by atoms with van der Waals surface area (Å²) in [4.78, 5) is 11.6. The van der Waals surface area contributed by atoms with Gasteiger partial charge in [-0.1, -0.05) is 38.1 Å². The number of ether oxygens (including phenoxy) is 1. The van der Waals surface area contributed by atoms with Crippen molar-refractivity contribution in [1.29, 1.82) is 0 Å². The van der Waals surface area contributed by atoms with Gasteiger partial charge in [-0.15, -0.1) is 0 Å². The second-order valence-electron chi connectivity index (χ2n) is 4.28. The van der Waals surface area contributed by atoms with Gasteiger partial charge in [-0.05, 0) is 17.5 Å². The average molecular weight is 235 g/mol. The first-order valence-corrected chi connectivity index (χ1v) is 6.01. The number of carbonyl (C=O) groups is 1. The number of rotatable bonds is 6. The molecule has 0 radical (unpaired) electrons. The van der Waals surface area contributed by atoms with E-state index in [2.05, 4.69) is 5.32 Å². The number of hydrogen-bond donors (Lipinski definition) is 1. The van der Waals surface area contributed by atoms with Crippen LogP contribution < -0.4 is 5.32 Å². The Labute approximate surface area is 103 Å². The summed E-state index contributed by atoms with van der Waals surface area (Å²) in [5.41, 5.74) is 2.26. The highest BCUT2D eigenvalue weighted by atomic mass is 16.5. The Morgan fingerprint density at radius 3 is 2.41 bits per heavy atom. The molecule has 94 valence electrons. The number of amides is 1. The fourth-order valence-corrected chi connectivity index (χ4v) is 1.47. The fourth-order valence-electron chi connectivity index (χ4n) is 1.47. The molecule has 0 saturated carbocycles. The first-order chi connectivity index (χ1) is 8.17. The minimum Gasteiger partial charge on any atom is -0.380 e. The quantitative estimate of drug-likeness (QED) is 0.822. The summed E-state index contributed by atoms with van der Waals surface area (Å²) >= 11 is 0. The molecular formula is C14H21NO2. The summed E-state index contributed by atoms with van der Waals surface area (Å²) in [6.07, 6.45) is 0.874. The highest BCUT2D eigenvalue weighted by molar-refractivity contribution is 5.78. The van der Waals surface area contributed by atoms with Gasteiger partial charge >= 0.3 is 0 Å². The number of methoxy groups -OCH3 is 1. The molecule has 0 heterocycles. The van der Waals surface area contributed by atoms with Crippen LogP contribution in [0.1, 0.15) is 31.4 Å². The zero-order chi connectivity index (χ0) is 12.7. The van der Waals surface area contributed by atoms with E-state index in [1.54, 1.807) is 7.11 Å². The van der Waals surface area contributed by atoms with Crippen LogP contribution in [0.25, 0.3) is 0 Å². The molecule has 1 atom stereocenters. The second-order valence-corrected chi connectivity index (χ2v) is 4.28. The maximum absolute atomic E-state index is 11.6. The fraction of sp³-hybridized carbons (Fsp3) is 0.500. The zero-order valence-corrected chi connectivity index (χ0v) is 10.8. The SMILES string of the molecule is CC[C@H](C)C(=O)NCc1ccc(COC)cc1. The van der Waals surface area contributed by atoms with Crippen molar-refractivity contribution in [2.45, 2.75) is 33.4 Å². The number of carbonyl (C=O) groups excluding carboxylic acids is 1. The summed E-state index contributed by atoms with van der Waals surface area (Å²) in [6.45, 7) is 5.18. The molecule has 1 N–H and O–H groups in total. The standard InChI is InChI=1S/C14H21NO2/c1-4-11(2)14(16)15-9-12-5-7-13(8-6-12)10-17-3/h5-8,11H,4,9-10H2,1-3H3,(H,15,16)/t11-/m0/s1. The predicted octanol–water partition coefficient (Wildman–Crippen LogP) is 2.50.